The Balaban J connectivity index is 1.54. The SMILES string of the molecule is CC(Oc1cccc(Br)c1)C(=O)NNC(=O)c1csc(-c2cnn(C)c2)n1. The first-order valence-corrected chi connectivity index (χ1v) is 9.56. The summed E-state index contributed by atoms with van der Waals surface area (Å²) in [5.74, 6) is -0.450. The number of hydrogen-bond acceptors (Lipinski definition) is 6. The van der Waals surface area contributed by atoms with Crippen molar-refractivity contribution in [2.45, 2.75) is 13.0 Å². The number of benzene rings is 1. The number of aryl methyl sites for hydroxylation is 1. The predicted octanol–water partition coefficient (Wildman–Crippen LogP) is 2.53. The fourth-order valence-corrected chi connectivity index (χ4v) is 3.28. The molecule has 2 N–H and O–H groups in total. The van der Waals surface area contributed by atoms with Gasteiger partial charge < -0.3 is 4.74 Å². The van der Waals surface area contributed by atoms with Crippen molar-refractivity contribution in [3.63, 3.8) is 0 Å². The summed E-state index contributed by atoms with van der Waals surface area (Å²) in [6.07, 6.45) is 2.69. The van der Waals surface area contributed by atoms with Gasteiger partial charge in [-0.25, -0.2) is 4.98 Å². The van der Waals surface area contributed by atoms with Gasteiger partial charge in [-0.3, -0.25) is 25.1 Å². The van der Waals surface area contributed by atoms with Gasteiger partial charge in [-0.05, 0) is 25.1 Å². The number of rotatable bonds is 5. The summed E-state index contributed by atoms with van der Waals surface area (Å²) in [4.78, 5) is 28.5. The molecule has 10 heteroatoms. The van der Waals surface area contributed by atoms with E-state index >= 15 is 0 Å². The van der Waals surface area contributed by atoms with Crippen LogP contribution in [0.3, 0.4) is 0 Å². The number of hydrogen-bond donors (Lipinski definition) is 2. The number of halogens is 1. The van der Waals surface area contributed by atoms with Crippen LogP contribution in [0.25, 0.3) is 10.6 Å². The summed E-state index contributed by atoms with van der Waals surface area (Å²) in [5.41, 5.74) is 5.71. The van der Waals surface area contributed by atoms with Crippen molar-refractivity contribution in [3.05, 3.63) is 52.2 Å². The van der Waals surface area contributed by atoms with E-state index in [0.717, 1.165) is 10.0 Å². The van der Waals surface area contributed by atoms with Gasteiger partial charge in [0.2, 0.25) is 0 Å². The maximum atomic E-state index is 12.2. The first-order valence-electron chi connectivity index (χ1n) is 7.89. The molecule has 0 saturated carbocycles. The van der Waals surface area contributed by atoms with E-state index in [9.17, 15) is 9.59 Å². The van der Waals surface area contributed by atoms with Crippen molar-refractivity contribution >= 4 is 39.1 Å². The van der Waals surface area contributed by atoms with Crippen molar-refractivity contribution < 1.29 is 14.3 Å². The van der Waals surface area contributed by atoms with E-state index in [1.165, 1.54) is 11.3 Å². The highest BCUT2D eigenvalue weighted by atomic mass is 79.9. The molecule has 8 nitrogen and oxygen atoms in total. The Morgan fingerprint density at radius 2 is 2.15 bits per heavy atom. The predicted molar refractivity (Wildman–Crippen MR) is 104 cm³/mol. The summed E-state index contributed by atoms with van der Waals surface area (Å²) >= 11 is 4.66. The molecule has 1 atom stereocenters. The van der Waals surface area contributed by atoms with Crippen LogP contribution in [0.1, 0.15) is 17.4 Å². The molecule has 0 bridgehead atoms. The van der Waals surface area contributed by atoms with Gasteiger partial charge >= 0.3 is 0 Å². The topological polar surface area (TPSA) is 98.1 Å². The summed E-state index contributed by atoms with van der Waals surface area (Å²) in [7, 11) is 1.80. The van der Waals surface area contributed by atoms with Crippen LogP contribution < -0.4 is 15.6 Å². The number of carbonyl (C=O) groups excluding carboxylic acids is 2. The molecule has 0 radical (unpaired) electrons. The quantitative estimate of drug-likeness (QED) is 0.583. The van der Waals surface area contributed by atoms with Crippen molar-refractivity contribution in [1.29, 1.82) is 0 Å². The highest BCUT2D eigenvalue weighted by molar-refractivity contribution is 9.10. The molecule has 27 heavy (non-hydrogen) atoms. The van der Waals surface area contributed by atoms with E-state index in [0.29, 0.717) is 10.8 Å². The standard InChI is InChI=1S/C17H16BrN5O3S/c1-10(26-13-5-3-4-12(18)6-13)15(24)21-22-16(25)14-9-27-17(20-14)11-7-19-23(2)8-11/h3-10H,1-2H3,(H,21,24)(H,22,25). The van der Waals surface area contributed by atoms with Gasteiger partial charge in [0.15, 0.2) is 6.10 Å². The van der Waals surface area contributed by atoms with Crippen LogP contribution in [0.5, 0.6) is 5.75 Å². The van der Waals surface area contributed by atoms with E-state index in [2.05, 4.69) is 36.9 Å². The molecule has 140 valence electrons. The van der Waals surface area contributed by atoms with Gasteiger partial charge in [0, 0.05) is 28.7 Å². The minimum absolute atomic E-state index is 0.208. The third kappa shape index (κ3) is 4.92. The highest BCUT2D eigenvalue weighted by Gasteiger charge is 2.17. The van der Waals surface area contributed by atoms with Gasteiger partial charge in [-0.15, -0.1) is 11.3 Å². The van der Waals surface area contributed by atoms with Crippen LogP contribution in [0.15, 0.2) is 46.5 Å². The number of thiazole rings is 1. The third-order valence-electron chi connectivity index (χ3n) is 3.47. The Morgan fingerprint density at radius 3 is 2.85 bits per heavy atom. The molecular weight excluding hydrogens is 434 g/mol. The van der Waals surface area contributed by atoms with Crippen LogP contribution in [0, 0.1) is 0 Å². The zero-order chi connectivity index (χ0) is 19.4. The Morgan fingerprint density at radius 1 is 1.33 bits per heavy atom. The molecule has 0 fully saturated rings. The molecule has 2 heterocycles. The maximum absolute atomic E-state index is 12.2. The number of carbonyl (C=O) groups is 2. The summed E-state index contributed by atoms with van der Waals surface area (Å²) in [5, 5.41) is 6.36. The molecule has 3 rings (SSSR count). The average molecular weight is 450 g/mol. The molecule has 0 aliphatic heterocycles. The van der Waals surface area contributed by atoms with Crippen LogP contribution in [-0.4, -0.2) is 32.7 Å². The van der Waals surface area contributed by atoms with E-state index in [1.807, 2.05) is 12.3 Å². The third-order valence-corrected chi connectivity index (χ3v) is 4.85. The van der Waals surface area contributed by atoms with Crippen molar-refractivity contribution in [2.24, 2.45) is 7.05 Å². The minimum atomic E-state index is -0.791. The lowest BCUT2D eigenvalue weighted by Gasteiger charge is -2.15. The fraction of sp³-hybridized carbons (Fsp3) is 0.176. The van der Waals surface area contributed by atoms with Crippen LogP contribution in [0.4, 0.5) is 0 Å². The summed E-state index contributed by atoms with van der Waals surface area (Å²) in [6, 6.07) is 7.14. The smallest absolute Gasteiger partial charge is 0.289 e. The summed E-state index contributed by atoms with van der Waals surface area (Å²) in [6.45, 7) is 1.59. The van der Waals surface area contributed by atoms with E-state index < -0.39 is 17.9 Å². The van der Waals surface area contributed by atoms with Gasteiger partial charge in [-0.1, -0.05) is 22.0 Å². The van der Waals surface area contributed by atoms with Crippen LogP contribution >= 0.6 is 27.3 Å². The number of amides is 2. The van der Waals surface area contributed by atoms with Gasteiger partial charge in [0.25, 0.3) is 11.8 Å². The zero-order valence-electron chi connectivity index (χ0n) is 14.5. The van der Waals surface area contributed by atoms with Gasteiger partial charge in [-0.2, -0.15) is 5.10 Å². The van der Waals surface area contributed by atoms with E-state index in [1.54, 1.807) is 48.4 Å². The second-order valence-electron chi connectivity index (χ2n) is 5.60. The lowest BCUT2D eigenvalue weighted by atomic mass is 10.3. The molecular formula is C17H16BrN5O3S. The number of nitrogens with one attached hydrogen (secondary N) is 2. The molecule has 0 spiro atoms. The van der Waals surface area contributed by atoms with Crippen LogP contribution in [0.2, 0.25) is 0 Å². The molecule has 3 aromatic rings. The van der Waals surface area contributed by atoms with Crippen molar-refractivity contribution in [1.82, 2.24) is 25.6 Å². The number of hydrazine groups is 1. The second-order valence-corrected chi connectivity index (χ2v) is 7.38. The summed E-state index contributed by atoms with van der Waals surface area (Å²) < 4.78 is 8.04. The molecule has 2 amide bonds. The first kappa shape index (κ1) is 19.1. The monoisotopic (exact) mass is 449 g/mol. The Labute approximate surface area is 167 Å². The zero-order valence-corrected chi connectivity index (χ0v) is 16.9. The minimum Gasteiger partial charge on any atom is -0.481 e. The molecule has 1 unspecified atom stereocenters. The lowest BCUT2D eigenvalue weighted by Crippen LogP contribution is -2.47. The molecule has 0 aliphatic carbocycles. The second kappa shape index (κ2) is 8.31. The molecule has 0 aliphatic rings. The number of nitrogens with zero attached hydrogens (tertiary/aromatic N) is 3. The number of ether oxygens (including phenoxy) is 1. The Hall–Kier alpha value is -2.72. The lowest BCUT2D eigenvalue weighted by molar-refractivity contribution is -0.128. The number of aromatic nitrogens is 3. The fourth-order valence-electron chi connectivity index (χ4n) is 2.12. The largest absolute Gasteiger partial charge is 0.481 e. The maximum Gasteiger partial charge on any atom is 0.289 e. The van der Waals surface area contributed by atoms with Crippen LogP contribution in [-0.2, 0) is 11.8 Å². The van der Waals surface area contributed by atoms with E-state index in [4.69, 9.17) is 4.74 Å². The molecule has 1 aromatic carbocycles. The highest BCUT2D eigenvalue weighted by Crippen LogP contribution is 2.22. The normalized spacial score (nSPS) is 11.7. The van der Waals surface area contributed by atoms with Gasteiger partial charge in [0.05, 0.1) is 6.20 Å². The Bertz CT molecular complexity index is 971. The van der Waals surface area contributed by atoms with E-state index in [-0.39, 0.29) is 5.69 Å². The van der Waals surface area contributed by atoms with Gasteiger partial charge in [0.1, 0.15) is 16.5 Å². The molecule has 2 aromatic heterocycles. The van der Waals surface area contributed by atoms with Crippen molar-refractivity contribution in [3.8, 4) is 16.3 Å². The molecule has 0 saturated heterocycles. The average Bonchev–Trinajstić information content (AvgIpc) is 3.28. The van der Waals surface area contributed by atoms with Crippen molar-refractivity contribution in [2.75, 3.05) is 0 Å². The first-order chi connectivity index (χ1) is 12.9. The Kier molecular flexibility index (Phi) is 5.87.